The summed E-state index contributed by atoms with van der Waals surface area (Å²) < 4.78 is 16.1. The molecule has 14 heteroatoms. The summed E-state index contributed by atoms with van der Waals surface area (Å²) in [5.41, 5.74) is 3.09. The summed E-state index contributed by atoms with van der Waals surface area (Å²) in [5, 5.41) is 27.3. The lowest BCUT2D eigenvalue weighted by atomic mass is 9.96. The number of nitrogens with one attached hydrogen (secondary N) is 1. The third-order valence-corrected chi connectivity index (χ3v) is 9.48. The summed E-state index contributed by atoms with van der Waals surface area (Å²) in [6.45, 7) is 7.06. The molecule has 3 heterocycles. The molecule has 1 amide bonds. The Balaban J connectivity index is 1.24. The fourth-order valence-electron chi connectivity index (χ4n) is 4.84. The minimum absolute atomic E-state index is 0.00374. The van der Waals surface area contributed by atoms with Crippen molar-refractivity contribution in [1.82, 2.24) is 15.3 Å². The summed E-state index contributed by atoms with van der Waals surface area (Å²) in [4.78, 5) is 35.4. The number of halogens is 1. The molecule has 0 bridgehead atoms. The number of pyridine rings is 1. The predicted octanol–water partition coefficient (Wildman–Crippen LogP) is 7.61. The highest BCUT2D eigenvalue weighted by atomic mass is 35.5. The van der Waals surface area contributed by atoms with Gasteiger partial charge in [0.1, 0.15) is 58.1 Å². The van der Waals surface area contributed by atoms with Crippen LogP contribution in [0.2, 0.25) is 5.02 Å². The smallest absolute Gasteiger partial charge is 0.407 e. The lowest BCUT2D eigenvalue weighted by Crippen LogP contribution is -2.38. The van der Waals surface area contributed by atoms with E-state index in [1.54, 1.807) is 45.0 Å². The average molecular weight is 731 g/mol. The van der Waals surface area contributed by atoms with Gasteiger partial charge in [0.15, 0.2) is 0 Å². The number of anilines is 1. The number of aromatic nitrogens is 2. The molecule has 0 aliphatic carbocycles. The van der Waals surface area contributed by atoms with E-state index in [4.69, 9.17) is 35.8 Å². The largest absolute Gasteiger partial charge is 0.490 e. The molecule has 0 unspecified atom stereocenters. The minimum atomic E-state index is -0.624. The van der Waals surface area contributed by atoms with Crippen molar-refractivity contribution in [1.29, 1.82) is 10.5 Å². The van der Waals surface area contributed by atoms with E-state index in [0.29, 0.717) is 49.6 Å². The Bertz CT molecular complexity index is 1910. The second-order valence-corrected chi connectivity index (χ2v) is 14.4. The highest BCUT2D eigenvalue weighted by Gasteiger charge is 2.27. The number of thiazole rings is 1. The number of hydrogen-bond donors (Lipinski definition) is 1. The van der Waals surface area contributed by atoms with E-state index in [1.165, 1.54) is 23.1 Å². The molecule has 0 saturated carbocycles. The van der Waals surface area contributed by atoms with E-state index < -0.39 is 17.7 Å². The quantitative estimate of drug-likeness (QED) is 0.0822. The number of amides is 1. The normalized spacial score (nSPS) is 12.3. The first-order valence-electron chi connectivity index (χ1n) is 15.9. The number of thioether (sulfide) groups is 1. The third kappa shape index (κ3) is 9.66. The van der Waals surface area contributed by atoms with Crippen LogP contribution < -0.4 is 15.0 Å². The van der Waals surface area contributed by atoms with Crippen molar-refractivity contribution in [2.24, 2.45) is 0 Å². The molecule has 2 aromatic heterocycles. The van der Waals surface area contributed by atoms with Crippen molar-refractivity contribution < 1.29 is 23.8 Å². The first-order chi connectivity index (χ1) is 24.0. The van der Waals surface area contributed by atoms with Gasteiger partial charge in [-0.2, -0.15) is 10.5 Å². The van der Waals surface area contributed by atoms with E-state index in [0.717, 1.165) is 35.8 Å². The zero-order valence-corrected chi connectivity index (χ0v) is 30.2. The van der Waals surface area contributed by atoms with Crippen LogP contribution in [0.5, 0.6) is 5.75 Å². The highest BCUT2D eigenvalue weighted by Crippen LogP contribution is 2.40. The van der Waals surface area contributed by atoms with Crippen molar-refractivity contribution in [3.63, 3.8) is 0 Å². The van der Waals surface area contributed by atoms with Gasteiger partial charge >= 0.3 is 12.1 Å². The Labute approximate surface area is 304 Å². The molecule has 1 N–H and O–H groups in total. The number of benzene rings is 2. The number of nitriles is 2. The number of nitrogens with zero attached hydrogens (tertiary/aromatic N) is 5. The van der Waals surface area contributed by atoms with Gasteiger partial charge in [-0.3, -0.25) is 4.79 Å². The van der Waals surface area contributed by atoms with Gasteiger partial charge in [-0.25, -0.2) is 14.8 Å². The van der Waals surface area contributed by atoms with Gasteiger partial charge < -0.3 is 24.4 Å². The number of esters is 1. The van der Waals surface area contributed by atoms with E-state index in [2.05, 4.69) is 22.4 Å². The summed E-state index contributed by atoms with van der Waals surface area (Å²) in [7, 11) is 0. The van der Waals surface area contributed by atoms with Crippen molar-refractivity contribution >= 4 is 52.6 Å². The number of ether oxygens (including phenoxy) is 3. The molecule has 258 valence electrons. The molecule has 0 spiro atoms. The summed E-state index contributed by atoms with van der Waals surface area (Å²) in [6, 6.07) is 19.3. The van der Waals surface area contributed by atoms with Crippen LogP contribution in [0.15, 0.2) is 58.9 Å². The van der Waals surface area contributed by atoms with Gasteiger partial charge in [-0.15, -0.1) is 11.3 Å². The fourth-order valence-corrected chi connectivity index (χ4v) is 6.77. The van der Waals surface area contributed by atoms with Crippen LogP contribution in [-0.4, -0.2) is 60.5 Å². The Kier molecular flexibility index (Phi) is 12.2. The maximum atomic E-state index is 12.0. The summed E-state index contributed by atoms with van der Waals surface area (Å²) in [5.74, 6) is 1.11. The van der Waals surface area contributed by atoms with E-state index >= 15 is 0 Å². The van der Waals surface area contributed by atoms with Gasteiger partial charge in [0.25, 0.3) is 0 Å². The predicted molar refractivity (Wildman–Crippen MR) is 193 cm³/mol. The van der Waals surface area contributed by atoms with Crippen molar-refractivity contribution in [3.8, 4) is 39.6 Å². The SMILES string of the molecule is CC(C)(C)OC(=O)NCCC(=O)OCCOc1ccc(-c2c(C#N)c(SCc3csc(-c4ccc(Cl)cc4)n3)nc(N3CCC3)c2C#N)cc1. The van der Waals surface area contributed by atoms with Crippen LogP contribution in [-0.2, 0) is 20.0 Å². The fraction of sp³-hybridized carbons (Fsp3) is 0.333. The third-order valence-electron chi connectivity index (χ3n) is 7.28. The lowest BCUT2D eigenvalue weighted by molar-refractivity contribution is -0.144. The van der Waals surface area contributed by atoms with Crippen LogP contribution >= 0.6 is 34.7 Å². The molecule has 50 heavy (non-hydrogen) atoms. The summed E-state index contributed by atoms with van der Waals surface area (Å²) in [6.07, 6.45) is 0.399. The topological polar surface area (TPSA) is 150 Å². The van der Waals surface area contributed by atoms with E-state index in [1.807, 2.05) is 29.6 Å². The van der Waals surface area contributed by atoms with E-state index in [9.17, 15) is 20.1 Å². The Morgan fingerprint density at radius 1 is 1.00 bits per heavy atom. The Morgan fingerprint density at radius 2 is 1.70 bits per heavy atom. The standard InChI is InChI=1S/C36H35ClN6O5S2/c1-36(2,3)48-35(45)40-14-13-30(44)47-18-17-46-27-11-7-23(8-12-27)31-28(19-38)32(43-15-4-16-43)42-34(29(31)20-39)50-22-26-21-49-33(41-26)24-5-9-25(37)10-6-24/h5-12,21H,4,13-18,22H2,1-3H3,(H,40,45). The van der Waals surface area contributed by atoms with Crippen LogP contribution in [0.3, 0.4) is 0 Å². The lowest BCUT2D eigenvalue weighted by Gasteiger charge is -2.33. The molecule has 11 nitrogen and oxygen atoms in total. The average Bonchev–Trinajstić information content (AvgIpc) is 3.53. The molecule has 5 rings (SSSR count). The first-order valence-corrected chi connectivity index (χ1v) is 18.1. The van der Waals surface area contributed by atoms with Crippen molar-refractivity contribution in [2.45, 2.75) is 50.0 Å². The van der Waals surface area contributed by atoms with Crippen LogP contribution in [0.1, 0.15) is 50.4 Å². The molecular formula is C36H35ClN6O5S2. The second kappa shape index (κ2) is 16.7. The van der Waals surface area contributed by atoms with Crippen molar-refractivity contribution in [2.75, 3.05) is 37.7 Å². The molecule has 2 aromatic carbocycles. The van der Waals surface area contributed by atoms with Gasteiger partial charge in [0, 0.05) is 46.9 Å². The number of alkyl carbamates (subject to hydrolysis) is 1. The molecular weight excluding hydrogens is 696 g/mol. The van der Waals surface area contributed by atoms with Gasteiger partial charge in [-0.1, -0.05) is 47.6 Å². The van der Waals surface area contributed by atoms with Gasteiger partial charge in [0.2, 0.25) is 0 Å². The Morgan fingerprint density at radius 3 is 2.34 bits per heavy atom. The zero-order chi connectivity index (χ0) is 35.7. The molecule has 1 fully saturated rings. The monoisotopic (exact) mass is 730 g/mol. The molecule has 1 saturated heterocycles. The highest BCUT2D eigenvalue weighted by molar-refractivity contribution is 7.98. The maximum Gasteiger partial charge on any atom is 0.407 e. The van der Waals surface area contributed by atoms with Gasteiger partial charge in [-0.05, 0) is 57.0 Å². The number of carbonyl (C=O) groups is 2. The maximum absolute atomic E-state index is 12.0. The van der Waals surface area contributed by atoms with E-state index in [-0.39, 0.29) is 26.2 Å². The van der Waals surface area contributed by atoms with Gasteiger partial charge in [0.05, 0.1) is 17.7 Å². The number of carbonyl (C=O) groups excluding carboxylic acids is 2. The molecule has 0 radical (unpaired) electrons. The van der Waals surface area contributed by atoms with Crippen LogP contribution in [0, 0.1) is 22.7 Å². The molecule has 4 aromatic rings. The van der Waals surface area contributed by atoms with Crippen LogP contribution in [0.25, 0.3) is 21.7 Å². The van der Waals surface area contributed by atoms with Crippen LogP contribution in [0.4, 0.5) is 10.6 Å². The number of rotatable bonds is 13. The molecule has 0 atom stereocenters. The zero-order valence-electron chi connectivity index (χ0n) is 27.8. The summed E-state index contributed by atoms with van der Waals surface area (Å²) >= 11 is 9.00. The second-order valence-electron chi connectivity index (χ2n) is 12.1. The number of hydrogen-bond acceptors (Lipinski definition) is 12. The minimum Gasteiger partial charge on any atom is -0.490 e. The van der Waals surface area contributed by atoms with Crippen molar-refractivity contribution in [3.05, 3.63) is 75.8 Å². The molecule has 1 aliphatic rings. The first kappa shape index (κ1) is 36.5. The Hall–Kier alpha value is -4.82. The molecule has 1 aliphatic heterocycles.